The molecule has 3 rings (SSSR count). The van der Waals surface area contributed by atoms with E-state index in [-0.39, 0.29) is 17.9 Å². The van der Waals surface area contributed by atoms with E-state index in [0.717, 1.165) is 10.4 Å². The number of nitrogens with two attached hydrogens (primary N) is 1. The molecule has 0 saturated carbocycles. The minimum atomic E-state index is -0.872. The highest BCUT2D eigenvalue weighted by molar-refractivity contribution is 7.09. The smallest absolute Gasteiger partial charge is 0.312 e. The number of hydrogen-bond donors (Lipinski definition) is 2. The van der Waals surface area contributed by atoms with Crippen LogP contribution in [0.1, 0.15) is 35.4 Å². The van der Waals surface area contributed by atoms with Crippen LogP contribution in [-0.4, -0.2) is 30.5 Å². The van der Waals surface area contributed by atoms with Gasteiger partial charge in [0.2, 0.25) is 5.91 Å². The summed E-state index contributed by atoms with van der Waals surface area (Å²) in [5.41, 5.74) is 6.32. The minimum Gasteiger partial charge on any atom is -0.493 e. The third-order valence-electron chi connectivity index (χ3n) is 5.26. The van der Waals surface area contributed by atoms with Gasteiger partial charge in [-0.2, -0.15) is 0 Å². The quantitative estimate of drug-likeness (QED) is 0.414. The van der Waals surface area contributed by atoms with Crippen molar-refractivity contribution in [2.45, 2.75) is 32.5 Å². The first-order valence-electron chi connectivity index (χ1n) is 10.8. The largest absolute Gasteiger partial charge is 0.493 e. The number of thiophene rings is 1. The Kier molecular flexibility index (Phi) is 8.86. The molecule has 1 heterocycles. The second-order valence-electron chi connectivity index (χ2n) is 7.55. The third-order valence-corrected chi connectivity index (χ3v) is 6.11. The monoisotopic (exact) mass is 485 g/mol. The number of rotatable bonds is 11. The zero-order chi connectivity index (χ0) is 24.5. The Morgan fingerprint density at radius 3 is 2.59 bits per heavy atom. The zero-order valence-electron chi connectivity index (χ0n) is 19.1. The number of hydrogen-bond acceptors (Lipinski definition) is 5. The number of ether oxygens (including phenoxy) is 2. The van der Waals surface area contributed by atoms with Crippen molar-refractivity contribution in [3.05, 3.63) is 81.8 Å². The number of halogens is 1. The lowest BCUT2D eigenvalue weighted by atomic mass is 10.0. The van der Waals surface area contributed by atoms with Gasteiger partial charge in [0, 0.05) is 23.5 Å². The van der Waals surface area contributed by atoms with Gasteiger partial charge in [0.05, 0.1) is 19.6 Å². The molecule has 34 heavy (non-hydrogen) atoms. The van der Waals surface area contributed by atoms with Crippen molar-refractivity contribution >= 4 is 23.3 Å². The Morgan fingerprint density at radius 2 is 1.94 bits per heavy atom. The Bertz CT molecular complexity index is 1110. The highest BCUT2D eigenvalue weighted by Crippen LogP contribution is 2.30. The highest BCUT2D eigenvalue weighted by atomic mass is 32.1. The number of nitrogens with zero attached hydrogens (tertiary/aromatic N) is 1. The van der Waals surface area contributed by atoms with Crippen molar-refractivity contribution in [3.8, 4) is 11.5 Å². The van der Waals surface area contributed by atoms with Gasteiger partial charge in [0.25, 0.3) is 0 Å². The molecule has 1 aromatic heterocycles. The minimum absolute atomic E-state index is 0.128. The van der Waals surface area contributed by atoms with Crippen molar-refractivity contribution in [3.63, 3.8) is 0 Å². The number of carbonyl (C=O) groups is 2. The number of urea groups is 1. The van der Waals surface area contributed by atoms with Gasteiger partial charge < -0.3 is 25.4 Å². The molecular weight excluding hydrogens is 457 g/mol. The van der Waals surface area contributed by atoms with E-state index in [9.17, 15) is 14.0 Å². The van der Waals surface area contributed by atoms with Crippen LogP contribution in [-0.2, 0) is 17.9 Å². The Morgan fingerprint density at radius 1 is 1.15 bits per heavy atom. The molecule has 9 heteroatoms. The summed E-state index contributed by atoms with van der Waals surface area (Å²) in [6.07, 6.45) is -0.128. The average molecular weight is 486 g/mol. The third kappa shape index (κ3) is 6.71. The van der Waals surface area contributed by atoms with Gasteiger partial charge in [-0.1, -0.05) is 30.3 Å². The van der Waals surface area contributed by atoms with Crippen LogP contribution in [0, 0.1) is 5.82 Å². The molecule has 1 atom stereocenters. The Hall–Kier alpha value is -3.59. The van der Waals surface area contributed by atoms with E-state index in [4.69, 9.17) is 15.2 Å². The molecule has 2 aromatic carbocycles. The molecule has 7 nitrogen and oxygen atoms in total. The SMILES string of the molecule is CCN(Cc1ccc(OCc2cccs2)c(OC)c1)C(=O)C[C@@H](NC(N)=O)c1ccccc1F. The average Bonchev–Trinajstić information content (AvgIpc) is 3.34. The molecule has 0 fully saturated rings. The van der Waals surface area contributed by atoms with E-state index in [1.165, 1.54) is 12.1 Å². The fourth-order valence-corrected chi connectivity index (χ4v) is 4.16. The predicted molar refractivity (Wildman–Crippen MR) is 129 cm³/mol. The van der Waals surface area contributed by atoms with E-state index in [1.54, 1.807) is 35.5 Å². The Balaban J connectivity index is 1.70. The van der Waals surface area contributed by atoms with Crippen LogP contribution >= 0.6 is 11.3 Å². The summed E-state index contributed by atoms with van der Waals surface area (Å²) in [6, 6.07) is 13.8. The Labute approximate surface area is 202 Å². The fraction of sp³-hybridized carbons (Fsp3) is 0.280. The van der Waals surface area contributed by atoms with Gasteiger partial charge in [0.1, 0.15) is 12.4 Å². The summed E-state index contributed by atoms with van der Waals surface area (Å²) in [6.45, 7) is 3.04. The van der Waals surface area contributed by atoms with Crippen molar-refractivity contribution in [2.75, 3.05) is 13.7 Å². The summed E-state index contributed by atoms with van der Waals surface area (Å²) < 4.78 is 25.7. The molecule has 0 spiro atoms. The zero-order valence-corrected chi connectivity index (χ0v) is 19.9. The van der Waals surface area contributed by atoms with Crippen LogP contribution in [0.2, 0.25) is 0 Å². The van der Waals surface area contributed by atoms with Crippen LogP contribution in [0.4, 0.5) is 9.18 Å². The van der Waals surface area contributed by atoms with Gasteiger partial charge in [-0.25, -0.2) is 9.18 Å². The van der Waals surface area contributed by atoms with Gasteiger partial charge >= 0.3 is 6.03 Å². The standard InChI is InChI=1S/C25H28FN3O4S/c1-3-29(24(30)14-21(28-25(27)31)19-8-4-5-9-20(19)26)15-17-10-11-22(23(13-17)32-2)33-16-18-7-6-12-34-18/h4-13,21H,3,14-16H2,1-2H3,(H3,27,28,31)/t21-/m1/s1. The first-order chi connectivity index (χ1) is 16.4. The molecule has 0 aliphatic rings. The molecule has 0 saturated heterocycles. The molecule has 0 aliphatic heterocycles. The lowest BCUT2D eigenvalue weighted by molar-refractivity contribution is -0.132. The topological polar surface area (TPSA) is 93.9 Å². The van der Waals surface area contributed by atoms with E-state index in [1.807, 2.05) is 42.6 Å². The van der Waals surface area contributed by atoms with Crippen molar-refractivity contribution in [1.82, 2.24) is 10.2 Å². The van der Waals surface area contributed by atoms with E-state index in [0.29, 0.717) is 31.2 Å². The first kappa shape index (κ1) is 25.0. The predicted octanol–water partition coefficient (Wildman–Crippen LogP) is 4.62. The molecule has 0 unspecified atom stereocenters. The van der Waals surface area contributed by atoms with Crippen LogP contribution < -0.4 is 20.5 Å². The van der Waals surface area contributed by atoms with Gasteiger partial charge in [-0.3, -0.25) is 4.79 Å². The number of amides is 3. The number of benzene rings is 2. The van der Waals surface area contributed by atoms with E-state index in [2.05, 4.69) is 5.32 Å². The summed E-state index contributed by atoms with van der Waals surface area (Å²) in [7, 11) is 1.56. The molecule has 3 amide bonds. The summed E-state index contributed by atoms with van der Waals surface area (Å²) in [5.74, 6) is 0.415. The number of carbonyl (C=O) groups excluding carboxylic acids is 2. The number of methoxy groups -OCH3 is 1. The first-order valence-corrected chi connectivity index (χ1v) is 11.7. The molecule has 0 radical (unpaired) electrons. The van der Waals surface area contributed by atoms with E-state index >= 15 is 0 Å². The lowest BCUT2D eigenvalue weighted by Gasteiger charge is -2.25. The molecule has 0 bridgehead atoms. The summed E-state index contributed by atoms with van der Waals surface area (Å²) >= 11 is 1.61. The second kappa shape index (κ2) is 12.0. The summed E-state index contributed by atoms with van der Waals surface area (Å²) in [5, 5.41) is 4.47. The van der Waals surface area contributed by atoms with Gasteiger partial charge in [-0.15, -0.1) is 11.3 Å². The van der Waals surface area contributed by atoms with Crippen molar-refractivity contribution in [2.24, 2.45) is 5.73 Å². The fourth-order valence-electron chi connectivity index (χ4n) is 3.54. The van der Waals surface area contributed by atoms with Crippen LogP contribution in [0.25, 0.3) is 0 Å². The van der Waals surface area contributed by atoms with Crippen LogP contribution in [0.15, 0.2) is 60.0 Å². The van der Waals surface area contributed by atoms with Gasteiger partial charge in [-0.05, 0) is 42.1 Å². The molecule has 180 valence electrons. The molecule has 3 aromatic rings. The molecular formula is C25H28FN3O4S. The number of primary amides is 1. The lowest BCUT2D eigenvalue weighted by Crippen LogP contribution is -2.38. The highest BCUT2D eigenvalue weighted by Gasteiger charge is 2.23. The van der Waals surface area contributed by atoms with Gasteiger partial charge in [0.15, 0.2) is 11.5 Å². The van der Waals surface area contributed by atoms with Crippen LogP contribution in [0.5, 0.6) is 11.5 Å². The maximum absolute atomic E-state index is 14.3. The van der Waals surface area contributed by atoms with E-state index < -0.39 is 17.9 Å². The number of nitrogens with one attached hydrogen (secondary N) is 1. The maximum Gasteiger partial charge on any atom is 0.312 e. The maximum atomic E-state index is 14.3. The molecule has 3 N–H and O–H groups in total. The second-order valence-corrected chi connectivity index (χ2v) is 8.58. The van der Waals surface area contributed by atoms with Crippen LogP contribution in [0.3, 0.4) is 0 Å². The summed E-state index contributed by atoms with van der Waals surface area (Å²) in [4.78, 5) is 27.3. The van der Waals surface area contributed by atoms with Crippen molar-refractivity contribution < 1.29 is 23.5 Å². The van der Waals surface area contributed by atoms with Crippen molar-refractivity contribution in [1.29, 1.82) is 0 Å². The molecule has 0 aliphatic carbocycles. The normalized spacial score (nSPS) is 11.5.